The van der Waals surface area contributed by atoms with E-state index in [1.807, 2.05) is 31.2 Å². The molecule has 7 heteroatoms. The Kier molecular flexibility index (Phi) is 5.56. The first kappa shape index (κ1) is 19.5. The van der Waals surface area contributed by atoms with Gasteiger partial charge in [-0.25, -0.2) is 0 Å². The summed E-state index contributed by atoms with van der Waals surface area (Å²) in [6, 6.07) is 16.2. The second-order valence-corrected chi connectivity index (χ2v) is 7.68. The first-order valence-electron chi connectivity index (χ1n) is 8.83. The van der Waals surface area contributed by atoms with Crippen LogP contribution in [0, 0.1) is 6.92 Å². The molecular weight excluding hydrogens is 456 g/mol. The largest absolute Gasteiger partial charge is 0.486 e. The minimum atomic E-state index is -0.354. The molecule has 146 valence electrons. The van der Waals surface area contributed by atoms with Crippen LogP contribution in [0.3, 0.4) is 0 Å². The summed E-state index contributed by atoms with van der Waals surface area (Å²) in [5.41, 5.74) is 2.24. The lowest BCUT2D eigenvalue weighted by atomic mass is 10.2. The Bertz CT molecular complexity index is 1210. The highest BCUT2D eigenvalue weighted by Crippen LogP contribution is 2.29. The van der Waals surface area contributed by atoms with Gasteiger partial charge in [-0.3, -0.25) is 9.78 Å². The molecule has 0 bridgehead atoms. The molecule has 2 aromatic carbocycles. The molecule has 0 aliphatic heterocycles. The average Bonchev–Trinajstić information content (AvgIpc) is 3.20. The maximum absolute atomic E-state index is 12.6. The Morgan fingerprint density at radius 3 is 2.90 bits per heavy atom. The van der Waals surface area contributed by atoms with Gasteiger partial charge in [0, 0.05) is 21.1 Å². The van der Waals surface area contributed by atoms with Crippen molar-refractivity contribution in [3.05, 3.63) is 87.4 Å². The van der Waals surface area contributed by atoms with Gasteiger partial charge in [-0.1, -0.05) is 33.6 Å². The Morgan fingerprint density at radius 2 is 2.07 bits per heavy atom. The number of fused-ring (bicyclic) bond motifs is 1. The van der Waals surface area contributed by atoms with Gasteiger partial charge in [-0.2, -0.15) is 0 Å². The van der Waals surface area contributed by atoms with E-state index < -0.39 is 0 Å². The zero-order valence-corrected chi connectivity index (χ0v) is 17.8. The van der Waals surface area contributed by atoms with Gasteiger partial charge in [0.25, 0.3) is 5.91 Å². The van der Waals surface area contributed by atoms with Crippen molar-refractivity contribution in [1.82, 2.24) is 4.98 Å². The highest BCUT2D eigenvalue weighted by Gasteiger charge is 2.14. The molecule has 2 aromatic heterocycles. The smallest absolute Gasteiger partial charge is 0.291 e. The summed E-state index contributed by atoms with van der Waals surface area (Å²) in [6.45, 7) is 2.11. The summed E-state index contributed by atoms with van der Waals surface area (Å²) >= 11 is 9.52. The van der Waals surface area contributed by atoms with Gasteiger partial charge >= 0.3 is 0 Å². The maximum Gasteiger partial charge on any atom is 0.291 e. The van der Waals surface area contributed by atoms with Crippen molar-refractivity contribution in [3.8, 4) is 5.75 Å². The summed E-state index contributed by atoms with van der Waals surface area (Å²) in [6.07, 6.45) is 1.69. The third-order valence-corrected chi connectivity index (χ3v) is 5.48. The molecule has 0 aliphatic rings. The lowest BCUT2D eigenvalue weighted by molar-refractivity contribution is 0.0992. The molecule has 0 radical (unpaired) electrons. The number of amides is 1. The number of carbonyl (C=O) groups is 1. The molecule has 2 heterocycles. The van der Waals surface area contributed by atoms with Crippen LogP contribution in [-0.4, -0.2) is 10.9 Å². The van der Waals surface area contributed by atoms with Gasteiger partial charge in [0.2, 0.25) is 0 Å². The van der Waals surface area contributed by atoms with Crippen LogP contribution in [-0.2, 0) is 6.61 Å². The van der Waals surface area contributed by atoms with E-state index in [0.29, 0.717) is 27.7 Å². The minimum Gasteiger partial charge on any atom is -0.486 e. The lowest BCUT2D eigenvalue weighted by Gasteiger charge is -2.08. The predicted molar refractivity (Wildman–Crippen MR) is 117 cm³/mol. The molecule has 0 fully saturated rings. The Labute approximate surface area is 180 Å². The fourth-order valence-corrected chi connectivity index (χ4v) is 3.43. The summed E-state index contributed by atoms with van der Waals surface area (Å²) in [5.74, 6) is 1.07. The molecule has 0 aliphatic carbocycles. The minimum absolute atomic E-state index is 0.197. The molecule has 0 spiro atoms. The SMILES string of the molecule is Cc1cc(OCc2ccc(C(=O)Nc3ccc(Br)c4cccnc34)o2)ccc1Cl. The van der Waals surface area contributed by atoms with Crippen molar-refractivity contribution in [3.63, 3.8) is 0 Å². The topological polar surface area (TPSA) is 64.4 Å². The number of anilines is 1. The fourth-order valence-electron chi connectivity index (χ4n) is 2.86. The van der Waals surface area contributed by atoms with E-state index in [2.05, 4.69) is 26.2 Å². The fraction of sp³-hybridized carbons (Fsp3) is 0.0909. The number of pyridine rings is 1. The molecule has 1 amide bonds. The number of rotatable bonds is 5. The van der Waals surface area contributed by atoms with E-state index >= 15 is 0 Å². The number of halogens is 2. The summed E-state index contributed by atoms with van der Waals surface area (Å²) in [5, 5.41) is 4.46. The molecule has 4 aromatic rings. The normalized spacial score (nSPS) is 10.9. The molecule has 0 atom stereocenters. The molecule has 5 nitrogen and oxygen atoms in total. The van der Waals surface area contributed by atoms with Crippen LogP contribution in [0.2, 0.25) is 5.02 Å². The summed E-state index contributed by atoms with van der Waals surface area (Å²) < 4.78 is 12.3. The monoisotopic (exact) mass is 470 g/mol. The number of nitrogens with zero attached hydrogens (tertiary/aromatic N) is 1. The van der Waals surface area contributed by atoms with Crippen LogP contribution < -0.4 is 10.1 Å². The van der Waals surface area contributed by atoms with Crippen LogP contribution in [0.5, 0.6) is 5.75 Å². The van der Waals surface area contributed by atoms with Crippen molar-refractivity contribution < 1.29 is 13.9 Å². The molecule has 4 rings (SSSR count). The highest BCUT2D eigenvalue weighted by atomic mass is 79.9. The van der Waals surface area contributed by atoms with Gasteiger partial charge < -0.3 is 14.5 Å². The van der Waals surface area contributed by atoms with Crippen molar-refractivity contribution in [1.29, 1.82) is 0 Å². The van der Waals surface area contributed by atoms with Crippen LogP contribution in [0.1, 0.15) is 21.9 Å². The number of carbonyl (C=O) groups excluding carboxylic acids is 1. The van der Waals surface area contributed by atoms with Crippen molar-refractivity contribution >= 4 is 50.0 Å². The van der Waals surface area contributed by atoms with Gasteiger partial charge in [0.05, 0.1) is 11.2 Å². The second kappa shape index (κ2) is 8.27. The van der Waals surface area contributed by atoms with E-state index in [1.165, 1.54) is 0 Å². The Morgan fingerprint density at radius 1 is 1.21 bits per heavy atom. The molecular formula is C22H16BrClN2O3. The third kappa shape index (κ3) is 4.28. The number of nitrogens with one attached hydrogen (secondary N) is 1. The van der Waals surface area contributed by atoms with E-state index in [1.54, 1.807) is 36.5 Å². The number of hydrogen-bond donors (Lipinski definition) is 1. The van der Waals surface area contributed by atoms with Gasteiger partial charge in [0.15, 0.2) is 5.76 Å². The predicted octanol–water partition coefficient (Wildman–Crippen LogP) is 6.38. The standard InChI is InChI=1S/C22H16BrClN2O3/c1-13-11-14(4-7-18(13)24)28-12-15-5-9-20(29-15)22(27)26-19-8-6-17(23)16-3-2-10-25-21(16)19/h2-11H,12H2,1H3,(H,26,27). The number of aryl methyl sites for hydroxylation is 1. The number of ether oxygens (including phenoxy) is 1. The molecule has 0 unspecified atom stereocenters. The Hall–Kier alpha value is -2.83. The van der Waals surface area contributed by atoms with E-state index in [-0.39, 0.29) is 18.3 Å². The van der Waals surface area contributed by atoms with Crippen LogP contribution in [0.4, 0.5) is 5.69 Å². The van der Waals surface area contributed by atoms with Gasteiger partial charge in [-0.15, -0.1) is 0 Å². The van der Waals surface area contributed by atoms with Crippen molar-refractivity contribution in [2.24, 2.45) is 0 Å². The van der Waals surface area contributed by atoms with Crippen molar-refractivity contribution in [2.75, 3.05) is 5.32 Å². The lowest BCUT2D eigenvalue weighted by Crippen LogP contribution is -2.11. The van der Waals surface area contributed by atoms with Crippen molar-refractivity contribution in [2.45, 2.75) is 13.5 Å². The Balaban J connectivity index is 1.46. The van der Waals surface area contributed by atoms with Gasteiger partial charge in [0.1, 0.15) is 18.1 Å². The first-order chi connectivity index (χ1) is 14.0. The van der Waals surface area contributed by atoms with E-state index in [4.69, 9.17) is 20.8 Å². The first-order valence-corrected chi connectivity index (χ1v) is 10.0. The van der Waals surface area contributed by atoms with Crippen LogP contribution in [0.25, 0.3) is 10.9 Å². The highest BCUT2D eigenvalue weighted by molar-refractivity contribution is 9.10. The molecule has 0 saturated heterocycles. The third-order valence-electron chi connectivity index (χ3n) is 4.36. The number of hydrogen-bond acceptors (Lipinski definition) is 4. The number of benzene rings is 2. The van der Waals surface area contributed by atoms with Crippen LogP contribution >= 0.6 is 27.5 Å². The van der Waals surface area contributed by atoms with E-state index in [0.717, 1.165) is 15.4 Å². The quantitative estimate of drug-likeness (QED) is 0.367. The second-order valence-electron chi connectivity index (χ2n) is 6.41. The van der Waals surface area contributed by atoms with E-state index in [9.17, 15) is 4.79 Å². The average molecular weight is 472 g/mol. The summed E-state index contributed by atoms with van der Waals surface area (Å²) in [7, 11) is 0. The molecule has 1 N–H and O–H groups in total. The number of furan rings is 1. The zero-order chi connectivity index (χ0) is 20.4. The maximum atomic E-state index is 12.6. The van der Waals surface area contributed by atoms with Crippen LogP contribution in [0.15, 0.2) is 69.7 Å². The molecule has 29 heavy (non-hydrogen) atoms. The van der Waals surface area contributed by atoms with Gasteiger partial charge in [-0.05, 0) is 61.0 Å². The molecule has 0 saturated carbocycles. The number of aromatic nitrogens is 1. The summed E-state index contributed by atoms with van der Waals surface area (Å²) in [4.78, 5) is 17.0. The zero-order valence-electron chi connectivity index (χ0n) is 15.4.